The van der Waals surface area contributed by atoms with Crippen molar-refractivity contribution in [3.8, 4) is 0 Å². The lowest BCUT2D eigenvalue weighted by Crippen LogP contribution is -2.24. The molecule has 1 atom stereocenters. The minimum Gasteiger partial charge on any atom is -0.384 e. The second kappa shape index (κ2) is 2.96. The van der Waals surface area contributed by atoms with Crippen molar-refractivity contribution in [2.45, 2.75) is 12.4 Å². The molecule has 0 saturated carbocycles. The van der Waals surface area contributed by atoms with Gasteiger partial charge in [-0.3, -0.25) is 0 Å². The highest BCUT2D eigenvalue weighted by Crippen LogP contribution is 2.08. The molecule has 0 aromatic carbocycles. The van der Waals surface area contributed by atoms with Crippen molar-refractivity contribution < 1.29 is 14.6 Å². The molecule has 9 heavy (non-hydrogen) atoms. The quantitative estimate of drug-likeness (QED) is 0.531. The third-order valence-electron chi connectivity index (χ3n) is 1.17. The smallest absolute Gasteiger partial charge is 0.187 e. The number of rotatable bonds is 2. The first-order valence-electron chi connectivity index (χ1n) is 2.88. The number of hydrogen-bond acceptors (Lipinski definition) is 3. The fourth-order valence-corrected chi connectivity index (χ4v) is 0.685. The van der Waals surface area contributed by atoms with Crippen LogP contribution in [0.3, 0.4) is 0 Å². The van der Waals surface area contributed by atoms with Gasteiger partial charge in [0.15, 0.2) is 6.29 Å². The fourth-order valence-electron chi connectivity index (χ4n) is 0.685. The van der Waals surface area contributed by atoms with Gasteiger partial charge in [0.25, 0.3) is 0 Å². The Kier molecular flexibility index (Phi) is 2.22. The summed E-state index contributed by atoms with van der Waals surface area (Å²) in [5.74, 6) is 0. The lowest BCUT2D eigenvalue weighted by atomic mass is 10.3. The zero-order chi connectivity index (χ0) is 6.69. The van der Waals surface area contributed by atoms with Gasteiger partial charge >= 0.3 is 0 Å². The third-order valence-corrected chi connectivity index (χ3v) is 1.17. The molecule has 1 aliphatic rings. The van der Waals surface area contributed by atoms with Crippen molar-refractivity contribution in [3.63, 3.8) is 0 Å². The maximum Gasteiger partial charge on any atom is 0.187 e. The summed E-state index contributed by atoms with van der Waals surface area (Å²) in [6.45, 7) is 4.53. The Balaban J connectivity index is 2.32. The number of aliphatic hydroxyl groups is 1. The largest absolute Gasteiger partial charge is 0.384 e. The highest BCUT2D eigenvalue weighted by Gasteiger charge is 2.21. The van der Waals surface area contributed by atoms with E-state index < -0.39 is 12.4 Å². The van der Waals surface area contributed by atoms with Crippen LogP contribution in [0.2, 0.25) is 0 Å². The van der Waals surface area contributed by atoms with Crippen LogP contribution in [0.5, 0.6) is 0 Å². The van der Waals surface area contributed by atoms with Gasteiger partial charge in [-0.1, -0.05) is 6.08 Å². The van der Waals surface area contributed by atoms with Gasteiger partial charge in [0, 0.05) is 0 Å². The van der Waals surface area contributed by atoms with E-state index in [0.717, 1.165) is 0 Å². The van der Waals surface area contributed by atoms with E-state index in [0.29, 0.717) is 13.2 Å². The molecule has 3 heteroatoms. The van der Waals surface area contributed by atoms with Crippen LogP contribution >= 0.6 is 0 Å². The highest BCUT2D eigenvalue weighted by atomic mass is 16.7. The van der Waals surface area contributed by atoms with Crippen LogP contribution in [-0.2, 0) is 9.47 Å². The van der Waals surface area contributed by atoms with Crippen LogP contribution in [0.15, 0.2) is 12.7 Å². The van der Waals surface area contributed by atoms with Crippen LogP contribution in [0.25, 0.3) is 0 Å². The van der Waals surface area contributed by atoms with Crippen molar-refractivity contribution in [1.29, 1.82) is 0 Å². The molecule has 0 radical (unpaired) electrons. The van der Waals surface area contributed by atoms with Gasteiger partial charge in [-0.2, -0.15) is 0 Å². The van der Waals surface area contributed by atoms with Crippen LogP contribution in [0, 0.1) is 0 Å². The Morgan fingerprint density at radius 1 is 1.56 bits per heavy atom. The average Bonchev–Trinajstić information content (AvgIpc) is 2.37. The molecule has 1 aliphatic heterocycles. The summed E-state index contributed by atoms with van der Waals surface area (Å²) in [6.07, 6.45) is 0.227. The summed E-state index contributed by atoms with van der Waals surface area (Å²) in [5.41, 5.74) is 0. The molecule has 0 amide bonds. The minimum atomic E-state index is -0.688. The zero-order valence-corrected chi connectivity index (χ0v) is 5.12. The molecule has 1 unspecified atom stereocenters. The summed E-state index contributed by atoms with van der Waals surface area (Å²) in [5, 5.41) is 8.99. The SMILES string of the molecule is C=CC(O)C1OCCO1. The third kappa shape index (κ3) is 1.51. The lowest BCUT2D eigenvalue weighted by molar-refractivity contribution is -0.102. The molecule has 0 aromatic heterocycles. The zero-order valence-electron chi connectivity index (χ0n) is 5.12. The van der Waals surface area contributed by atoms with Crippen LogP contribution in [-0.4, -0.2) is 30.7 Å². The summed E-state index contributed by atoms with van der Waals surface area (Å²) < 4.78 is 9.92. The summed E-state index contributed by atoms with van der Waals surface area (Å²) in [4.78, 5) is 0. The first kappa shape index (κ1) is 6.74. The Morgan fingerprint density at radius 3 is 2.56 bits per heavy atom. The van der Waals surface area contributed by atoms with Gasteiger partial charge in [0.05, 0.1) is 13.2 Å². The van der Waals surface area contributed by atoms with Crippen LogP contribution in [0.1, 0.15) is 0 Å². The van der Waals surface area contributed by atoms with Crippen molar-refractivity contribution >= 4 is 0 Å². The Bertz CT molecular complexity index is 96.5. The van der Waals surface area contributed by atoms with Gasteiger partial charge in [-0.25, -0.2) is 0 Å². The predicted molar refractivity (Wildman–Crippen MR) is 31.9 cm³/mol. The second-order valence-corrected chi connectivity index (χ2v) is 1.84. The molecular weight excluding hydrogens is 120 g/mol. The van der Waals surface area contributed by atoms with E-state index in [2.05, 4.69) is 6.58 Å². The molecule has 0 spiro atoms. The van der Waals surface area contributed by atoms with Crippen molar-refractivity contribution in [2.24, 2.45) is 0 Å². The molecule has 0 bridgehead atoms. The van der Waals surface area contributed by atoms with Gasteiger partial charge in [0.2, 0.25) is 0 Å². The summed E-state index contributed by atoms with van der Waals surface area (Å²) >= 11 is 0. The van der Waals surface area contributed by atoms with E-state index in [1.807, 2.05) is 0 Å². The highest BCUT2D eigenvalue weighted by molar-refractivity contribution is 4.81. The molecule has 1 fully saturated rings. The molecule has 1 heterocycles. The number of aliphatic hydroxyl groups excluding tert-OH is 1. The van der Waals surface area contributed by atoms with Gasteiger partial charge in [-0.15, -0.1) is 6.58 Å². The fraction of sp³-hybridized carbons (Fsp3) is 0.667. The summed E-state index contributed by atoms with van der Waals surface area (Å²) in [6, 6.07) is 0. The minimum absolute atomic E-state index is 0.484. The molecule has 3 nitrogen and oxygen atoms in total. The molecule has 1 N–H and O–H groups in total. The Morgan fingerprint density at radius 2 is 2.11 bits per heavy atom. The Labute approximate surface area is 53.9 Å². The van der Waals surface area contributed by atoms with Crippen LogP contribution in [0.4, 0.5) is 0 Å². The van der Waals surface area contributed by atoms with Crippen LogP contribution < -0.4 is 0 Å². The van der Waals surface area contributed by atoms with Gasteiger partial charge in [0.1, 0.15) is 6.10 Å². The standard InChI is InChI=1S/C6H10O3/c1-2-5(7)6-8-3-4-9-6/h2,5-7H,1,3-4H2. The van der Waals surface area contributed by atoms with Crippen molar-refractivity contribution in [2.75, 3.05) is 13.2 Å². The first-order chi connectivity index (χ1) is 4.34. The van der Waals surface area contributed by atoms with Gasteiger partial charge in [-0.05, 0) is 0 Å². The van der Waals surface area contributed by atoms with E-state index >= 15 is 0 Å². The molecule has 1 rings (SSSR count). The van der Waals surface area contributed by atoms with Crippen molar-refractivity contribution in [3.05, 3.63) is 12.7 Å². The predicted octanol–water partition coefficient (Wildman–Crippen LogP) is -0.0938. The van der Waals surface area contributed by atoms with Gasteiger partial charge < -0.3 is 14.6 Å². The van der Waals surface area contributed by atoms with E-state index in [9.17, 15) is 0 Å². The normalized spacial score (nSPS) is 24.1. The van der Waals surface area contributed by atoms with E-state index in [1.54, 1.807) is 0 Å². The topological polar surface area (TPSA) is 38.7 Å². The number of ether oxygens (including phenoxy) is 2. The first-order valence-corrected chi connectivity index (χ1v) is 2.88. The maximum absolute atomic E-state index is 8.99. The molecular formula is C6H10O3. The van der Waals surface area contributed by atoms with E-state index in [-0.39, 0.29) is 0 Å². The Hall–Kier alpha value is -0.380. The number of hydrogen-bond donors (Lipinski definition) is 1. The molecule has 0 aromatic rings. The average molecular weight is 130 g/mol. The molecule has 1 saturated heterocycles. The van der Waals surface area contributed by atoms with Crippen molar-refractivity contribution in [1.82, 2.24) is 0 Å². The molecule has 52 valence electrons. The van der Waals surface area contributed by atoms with E-state index in [1.165, 1.54) is 6.08 Å². The lowest BCUT2D eigenvalue weighted by Gasteiger charge is -2.11. The maximum atomic E-state index is 8.99. The molecule has 0 aliphatic carbocycles. The van der Waals surface area contributed by atoms with E-state index in [4.69, 9.17) is 14.6 Å². The monoisotopic (exact) mass is 130 g/mol. The second-order valence-electron chi connectivity index (χ2n) is 1.84. The summed E-state index contributed by atoms with van der Waals surface area (Å²) in [7, 11) is 0.